The maximum absolute atomic E-state index is 13.3. The quantitative estimate of drug-likeness (QED) is 0.347. The molecule has 0 bridgehead atoms. The van der Waals surface area contributed by atoms with Gasteiger partial charge in [-0.15, -0.1) is 0 Å². The molecule has 4 aromatic rings. The maximum atomic E-state index is 13.3. The summed E-state index contributed by atoms with van der Waals surface area (Å²) >= 11 is 0. The second kappa shape index (κ2) is 9.67. The van der Waals surface area contributed by atoms with Gasteiger partial charge in [0, 0.05) is 42.1 Å². The van der Waals surface area contributed by atoms with E-state index in [-0.39, 0.29) is 34.3 Å². The zero-order valence-electron chi connectivity index (χ0n) is 20.1. The minimum Gasteiger partial charge on any atom is -0.366 e. The van der Waals surface area contributed by atoms with Gasteiger partial charge in [-0.3, -0.25) is 0 Å². The highest BCUT2D eigenvalue weighted by molar-refractivity contribution is 5.94. The van der Waals surface area contributed by atoms with E-state index in [0.29, 0.717) is 11.6 Å². The third kappa shape index (κ3) is 5.17. The van der Waals surface area contributed by atoms with Crippen LogP contribution in [-0.2, 0) is 6.18 Å². The van der Waals surface area contributed by atoms with Gasteiger partial charge in [0.25, 0.3) is 0 Å². The van der Waals surface area contributed by atoms with Crippen molar-refractivity contribution in [2.24, 2.45) is 0 Å². The summed E-state index contributed by atoms with van der Waals surface area (Å²) in [6.45, 7) is 3.95. The highest BCUT2D eigenvalue weighted by Gasteiger charge is 2.31. The second-order valence-corrected chi connectivity index (χ2v) is 9.12. The zero-order chi connectivity index (χ0) is 26.2. The summed E-state index contributed by atoms with van der Waals surface area (Å²) in [6, 6.07) is 7.05. The summed E-state index contributed by atoms with van der Waals surface area (Å²) in [5.41, 5.74) is 0.945. The van der Waals surface area contributed by atoms with Crippen LogP contribution in [-0.4, -0.2) is 56.0 Å². The normalized spacial score (nSPS) is 17.0. The van der Waals surface area contributed by atoms with Gasteiger partial charge in [0.1, 0.15) is 17.5 Å². The number of hydrogen-bond acceptors (Lipinski definition) is 8. The van der Waals surface area contributed by atoms with E-state index in [1.54, 1.807) is 6.20 Å². The molecule has 3 N–H and O–H groups in total. The number of pyridine rings is 2. The number of likely N-dealkylation sites (tertiary alicyclic amines) is 1. The fourth-order valence-corrected chi connectivity index (χ4v) is 4.38. The van der Waals surface area contributed by atoms with Crippen LogP contribution in [0.4, 0.5) is 24.9 Å². The number of nitrogens with one attached hydrogen (secondary N) is 3. The molecule has 5 heterocycles. The van der Waals surface area contributed by atoms with E-state index >= 15 is 0 Å². The molecule has 0 amide bonds. The van der Waals surface area contributed by atoms with Crippen molar-refractivity contribution in [2.45, 2.75) is 31.6 Å². The van der Waals surface area contributed by atoms with E-state index in [9.17, 15) is 18.4 Å². The number of hydrogen-bond donors (Lipinski definition) is 3. The molecular formula is C25H24F3N9. The lowest BCUT2D eigenvalue weighted by atomic mass is 10.1. The molecule has 190 valence electrons. The van der Waals surface area contributed by atoms with Crippen LogP contribution in [0, 0.1) is 11.3 Å². The Morgan fingerprint density at radius 1 is 1.19 bits per heavy atom. The van der Waals surface area contributed by atoms with Gasteiger partial charge < -0.3 is 20.5 Å². The van der Waals surface area contributed by atoms with Crippen molar-refractivity contribution in [1.29, 1.82) is 5.26 Å². The van der Waals surface area contributed by atoms with Gasteiger partial charge in [0.2, 0.25) is 5.95 Å². The van der Waals surface area contributed by atoms with E-state index in [4.69, 9.17) is 0 Å². The third-order valence-electron chi connectivity index (χ3n) is 6.40. The lowest BCUT2D eigenvalue weighted by Gasteiger charge is -2.17. The Labute approximate surface area is 210 Å². The summed E-state index contributed by atoms with van der Waals surface area (Å²) < 4.78 is 39.8. The van der Waals surface area contributed by atoms with Crippen molar-refractivity contribution >= 4 is 22.8 Å². The van der Waals surface area contributed by atoms with Crippen molar-refractivity contribution in [3.05, 3.63) is 59.7 Å². The minimum absolute atomic E-state index is 0.131. The van der Waals surface area contributed by atoms with Crippen LogP contribution in [0.1, 0.15) is 36.1 Å². The Balaban J connectivity index is 1.38. The number of nitrogens with zero attached hydrogens (tertiary/aromatic N) is 6. The number of alkyl halides is 3. The van der Waals surface area contributed by atoms with Crippen LogP contribution >= 0.6 is 0 Å². The third-order valence-corrected chi connectivity index (χ3v) is 6.40. The molecule has 1 saturated heterocycles. The van der Waals surface area contributed by atoms with Crippen LogP contribution in [0.15, 0.2) is 43.0 Å². The van der Waals surface area contributed by atoms with Crippen molar-refractivity contribution in [2.75, 3.05) is 30.8 Å². The smallest absolute Gasteiger partial charge is 0.366 e. The maximum Gasteiger partial charge on any atom is 0.417 e. The Morgan fingerprint density at radius 3 is 2.70 bits per heavy atom. The predicted octanol–water partition coefficient (Wildman–Crippen LogP) is 4.59. The standard InChI is InChI=1S/C25H24F3N9/c1-14(15-3-4-21(30-9-15)35-18-5-6-37(2)13-18)34-24-33-10-16(8-29)22(36-24)20-12-32-23-19(20)7-17(11-31-23)25(26,27)28/h3-4,7,9-12,14,18H,5-6,13H2,1-2H3,(H,30,35)(H,31,32)(H,33,34,36)/t14-,18+/m1/s1. The molecule has 12 heteroatoms. The first-order valence-electron chi connectivity index (χ1n) is 11.7. The van der Waals surface area contributed by atoms with Crippen LogP contribution in [0.3, 0.4) is 0 Å². The summed E-state index contributed by atoms with van der Waals surface area (Å²) in [7, 11) is 2.09. The highest BCUT2D eigenvalue weighted by atomic mass is 19.4. The lowest BCUT2D eigenvalue weighted by Crippen LogP contribution is -2.24. The molecule has 0 aromatic carbocycles. The first-order valence-corrected chi connectivity index (χ1v) is 11.7. The molecule has 0 unspecified atom stereocenters. The van der Waals surface area contributed by atoms with E-state index in [0.717, 1.165) is 43.2 Å². The molecule has 0 spiro atoms. The number of likely N-dealkylation sites (N-methyl/N-ethyl adjacent to an activating group) is 1. The van der Waals surface area contributed by atoms with E-state index in [2.05, 4.69) is 47.5 Å². The van der Waals surface area contributed by atoms with E-state index < -0.39 is 11.7 Å². The van der Waals surface area contributed by atoms with Crippen LogP contribution in [0.5, 0.6) is 0 Å². The van der Waals surface area contributed by atoms with E-state index in [1.165, 1.54) is 12.4 Å². The number of halogens is 3. The van der Waals surface area contributed by atoms with Crippen LogP contribution in [0.25, 0.3) is 22.3 Å². The van der Waals surface area contributed by atoms with Gasteiger partial charge in [-0.1, -0.05) is 6.07 Å². The topological polar surface area (TPSA) is 118 Å². The molecule has 37 heavy (non-hydrogen) atoms. The van der Waals surface area contributed by atoms with Gasteiger partial charge in [0.05, 0.1) is 29.1 Å². The number of aromatic nitrogens is 5. The molecule has 1 aliphatic heterocycles. The molecule has 1 fully saturated rings. The molecule has 1 aliphatic rings. The molecule has 0 aliphatic carbocycles. The molecular weight excluding hydrogens is 483 g/mol. The van der Waals surface area contributed by atoms with Crippen molar-refractivity contribution in [3.63, 3.8) is 0 Å². The molecule has 0 radical (unpaired) electrons. The number of nitriles is 1. The zero-order valence-corrected chi connectivity index (χ0v) is 20.1. The van der Waals surface area contributed by atoms with Crippen molar-refractivity contribution in [1.82, 2.24) is 29.8 Å². The molecule has 4 aromatic heterocycles. The number of aromatic amines is 1. The monoisotopic (exact) mass is 507 g/mol. The van der Waals surface area contributed by atoms with Gasteiger partial charge in [0.15, 0.2) is 0 Å². The number of rotatable bonds is 6. The molecule has 2 atom stereocenters. The second-order valence-electron chi connectivity index (χ2n) is 9.12. The van der Waals surface area contributed by atoms with Crippen LogP contribution < -0.4 is 10.6 Å². The Kier molecular flexibility index (Phi) is 6.39. The number of fused-ring (bicyclic) bond motifs is 1. The summed E-state index contributed by atoms with van der Waals surface area (Å²) in [6.07, 6.45) is 1.90. The highest BCUT2D eigenvalue weighted by Crippen LogP contribution is 2.35. The number of anilines is 2. The summed E-state index contributed by atoms with van der Waals surface area (Å²) in [4.78, 5) is 22.2. The molecule has 9 nitrogen and oxygen atoms in total. The Morgan fingerprint density at radius 2 is 2.03 bits per heavy atom. The van der Waals surface area contributed by atoms with Gasteiger partial charge in [-0.25, -0.2) is 19.9 Å². The SMILES string of the molecule is C[C@@H](Nc1ncc(C#N)c(-c2c[nH]c3ncc(C(F)(F)F)cc23)n1)c1ccc(N[C@H]2CCN(C)C2)nc1. The summed E-state index contributed by atoms with van der Waals surface area (Å²) in [5.74, 6) is 1.03. The van der Waals surface area contributed by atoms with Gasteiger partial charge in [-0.05, 0) is 44.6 Å². The van der Waals surface area contributed by atoms with E-state index in [1.807, 2.05) is 25.1 Å². The average molecular weight is 508 g/mol. The largest absolute Gasteiger partial charge is 0.417 e. The lowest BCUT2D eigenvalue weighted by molar-refractivity contribution is -0.137. The van der Waals surface area contributed by atoms with Crippen molar-refractivity contribution in [3.8, 4) is 17.3 Å². The van der Waals surface area contributed by atoms with Gasteiger partial charge >= 0.3 is 6.18 Å². The average Bonchev–Trinajstić information content (AvgIpc) is 3.49. The Hall–Kier alpha value is -4.24. The fraction of sp³-hybridized carbons (Fsp3) is 0.320. The molecule has 0 saturated carbocycles. The minimum atomic E-state index is -4.55. The molecule has 5 rings (SSSR count). The fourth-order valence-electron chi connectivity index (χ4n) is 4.38. The van der Waals surface area contributed by atoms with Crippen molar-refractivity contribution < 1.29 is 13.2 Å². The van der Waals surface area contributed by atoms with Gasteiger partial charge in [-0.2, -0.15) is 18.4 Å². The Bertz CT molecular complexity index is 1460. The predicted molar refractivity (Wildman–Crippen MR) is 133 cm³/mol. The summed E-state index contributed by atoms with van der Waals surface area (Å²) in [5, 5.41) is 16.4. The first-order chi connectivity index (χ1) is 17.7. The number of H-pyrrole nitrogens is 1. The first kappa shape index (κ1) is 24.5. The van der Waals surface area contributed by atoms with Crippen LogP contribution in [0.2, 0.25) is 0 Å².